The molecule has 2 N–H and O–H groups in total. The monoisotopic (exact) mass is 474 g/mol. The average molecular weight is 475 g/mol. The van der Waals surface area contributed by atoms with Crippen molar-refractivity contribution in [3.8, 4) is 5.75 Å². The van der Waals surface area contributed by atoms with Crippen molar-refractivity contribution >= 4 is 27.6 Å². The Kier molecular flexibility index (Phi) is 8.10. The van der Waals surface area contributed by atoms with Gasteiger partial charge in [0.25, 0.3) is 5.91 Å². The molecule has 1 atom stereocenters. The van der Waals surface area contributed by atoms with E-state index in [0.29, 0.717) is 48.9 Å². The third kappa shape index (κ3) is 6.55. The third-order valence-electron chi connectivity index (χ3n) is 5.56. The Labute approximate surface area is 194 Å². The first-order valence-corrected chi connectivity index (χ1v) is 12.5. The number of aliphatic carboxylic acids is 1. The van der Waals surface area contributed by atoms with Crippen molar-refractivity contribution in [3.05, 3.63) is 54.1 Å². The summed E-state index contributed by atoms with van der Waals surface area (Å²) in [6.07, 6.45) is 1.93. The molecule has 1 aliphatic heterocycles. The topological polar surface area (TPSA) is 113 Å². The van der Waals surface area contributed by atoms with E-state index in [2.05, 4.69) is 19.2 Å². The van der Waals surface area contributed by atoms with Crippen molar-refractivity contribution < 1.29 is 27.9 Å². The fraction of sp³-hybridized carbons (Fsp3) is 0.417. The summed E-state index contributed by atoms with van der Waals surface area (Å²) in [7, 11) is -3.80. The number of piperidine rings is 1. The van der Waals surface area contributed by atoms with Gasteiger partial charge in [-0.15, -0.1) is 0 Å². The first-order chi connectivity index (χ1) is 15.7. The number of ether oxygens (including phenoxy) is 1. The SMILES string of the molecule is CC(C)CCOc1ccc(C(=O)Nc2ccc(S(=O)(=O)N3CCC[C@@H](C(=O)O)C3)cc2)cc1. The number of carbonyl (C=O) groups is 2. The highest BCUT2D eigenvalue weighted by molar-refractivity contribution is 7.89. The maximum Gasteiger partial charge on any atom is 0.307 e. The van der Waals surface area contributed by atoms with E-state index >= 15 is 0 Å². The normalized spacial score (nSPS) is 17.0. The zero-order valence-corrected chi connectivity index (χ0v) is 19.7. The number of amides is 1. The van der Waals surface area contributed by atoms with E-state index in [9.17, 15) is 23.1 Å². The highest BCUT2D eigenvalue weighted by Gasteiger charge is 2.33. The summed E-state index contributed by atoms with van der Waals surface area (Å²) >= 11 is 0. The number of hydrogen-bond acceptors (Lipinski definition) is 5. The first-order valence-electron chi connectivity index (χ1n) is 11.0. The summed E-state index contributed by atoms with van der Waals surface area (Å²) < 4.78 is 32.7. The molecule has 9 heteroatoms. The molecular formula is C24H30N2O6S. The molecule has 1 amide bonds. The molecule has 0 radical (unpaired) electrons. The summed E-state index contributed by atoms with van der Waals surface area (Å²) in [5.41, 5.74) is 0.911. The van der Waals surface area contributed by atoms with Gasteiger partial charge in [-0.1, -0.05) is 13.8 Å². The molecule has 178 valence electrons. The number of carboxylic acid groups (broad SMARTS) is 1. The molecule has 2 aromatic rings. The van der Waals surface area contributed by atoms with Crippen LogP contribution in [0.4, 0.5) is 5.69 Å². The van der Waals surface area contributed by atoms with E-state index in [1.54, 1.807) is 24.3 Å². The van der Waals surface area contributed by atoms with Crippen molar-refractivity contribution in [2.45, 2.75) is 38.0 Å². The minimum absolute atomic E-state index is 0.0344. The van der Waals surface area contributed by atoms with Crippen molar-refractivity contribution in [2.24, 2.45) is 11.8 Å². The molecule has 0 bridgehead atoms. The number of nitrogens with zero attached hydrogens (tertiary/aromatic N) is 1. The summed E-state index contributed by atoms with van der Waals surface area (Å²) in [6.45, 7) is 5.13. The van der Waals surface area contributed by atoms with Gasteiger partial charge in [0.05, 0.1) is 17.4 Å². The number of carboxylic acids is 1. The summed E-state index contributed by atoms with van der Waals surface area (Å²) in [5, 5.41) is 12.0. The maximum absolute atomic E-state index is 12.9. The number of carbonyl (C=O) groups excluding carboxylic acids is 1. The highest BCUT2D eigenvalue weighted by Crippen LogP contribution is 2.25. The molecule has 33 heavy (non-hydrogen) atoms. The molecule has 0 saturated carbocycles. The van der Waals surface area contributed by atoms with E-state index in [1.165, 1.54) is 28.6 Å². The van der Waals surface area contributed by atoms with E-state index in [4.69, 9.17) is 4.74 Å². The van der Waals surface area contributed by atoms with E-state index in [-0.39, 0.29) is 17.3 Å². The number of anilines is 1. The van der Waals surface area contributed by atoms with Crippen molar-refractivity contribution in [3.63, 3.8) is 0 Å². The lowest BCUT2D eigenvalue weighted by molar-refractivity contribution is -0.142. The minimum atomic E-state index is -3.80. The molecular weight excluding hydrogens is 444 g/mol. The van der Waals surface area contributed by atoms with Gasteiger partial charge in [-0.25, -0.2) is 8.42 Å². The van der Waals surface area contributed by atoms with Crippen LogP contribution in [0, 0.1) is 11.8 Å². The van der Waals surface area contributed by atoms with Gasteiger partial charge in [-0.05, 0) is 73.7 Å². The molecule has 3 rings (SSSR count). The molecule has 1 fully saturated rings. The average Bonchev–Trinajstić information content (AvgIpc) is 2.79. The molecule has 8 nitrogen and oxygen atoms in total. The van der Waals surface area contributed by atoms with Gasteiger partial charge in [0.15, 0.2) is 0 Å². The van der Waals surface area contributed by atoms with E-state index < -0.39 is 21.9 Å². The number of rotatable bonds is 9. The van der Waals surface area contributed by atoms with Crippen LogP contribution in [-0.4, -0.2) is 49.4 Å². The van der Waals surface area contributed by atoms with Crippen LogP contribution >= 0.6 is 0 Å². The summed E-state index contributed by atoms with van der Waals surface area (Å²) in [6, 6.07) is 12.7. The predicted molar refractivity (Wildman–Crippen MR) is 125 cm³/mol. The Hall–Kier alpha value is -2.91. The number of benzene rings is 2. The quantitative estimate of drug-likeness (QED) is 0.571. The van der Waals surface area contributed by atoms with Gasteiger partial charge < -0.3 is 15.2 Å². The van der Waals surface area contributed by atoms with Crippen LogP contribution in [0.1, 0.15) is 43.5 Å². The van der Waals surface area contributed by atoms with Crippen molar-refractivity contribution in [1.29, 1.82) is 0 Å². The van der Waals surface area contributed by atoms with Gasteiger partial charge >= 0.3 is 5.97 Å². The molecule has 1 saturated heterocycles. The second-order valence-electron chi connectivity index (χ2n) is 8.57. The molecule has 1 heterocycles. The minimum Gasteiger partial charge on any atom is -0.494 e. The second kappa shape index (κ2) is 10.8. The Bertz CT molecular complexity index is 1070. The second-order valence-corrected chi connectivity index (χ2v) is 10.5. The number of hydrogen-bond donors (Lipinski definition) is 2. The van der Waals surface area contributed by atoms with Gasteiger partial charge in [-0.3, -0.25) is 9.59 Å². The highest BCUT2D eigenvalue weighted by atomic mass is 32.2. The number of sulfonamides is 1. The van der Waals surface area contributed by atoms with Crippen LogP contribution in [-0.2, 0) is 14.8 Å². The first kappa shape index (κ1) is 24.7. The predicted octanol–water partition coefficient (Wildman–Crippen LogP) is 3.85. The van der Waals surface area contributed by atoms with Gasteiger partial charge in [0, 0.05) is 24.3 Å². The fourth-order valence-electron chi connectivity index (χ4n) is 3.54. The molecule has 0 spiro atoms. The zero-order chi connectivity index (χ0) is 24.0. The van der Waals surface area contributed by atoms with Gasteiger partial charge in [-0.2, -0.15) is 4.31 Å². The summed E-state index contributed by atoms with van der Waals surface area (Å²) in [5.74, 6) is -0.746. The van der Waals surface area contributed by atoms with E-state index in [1.807, 2.05) is 0 Å². The Morgan fingerprint density at radius 3 is 2.39 bits per heavy atom. The third-order valence-corrected chi connectivity index (χ3v) is 7.44. The fourth-order valence-corrected chi connectivity index (χ4v) is 5.06. The lowest BCUT2D eigenvalue weighted by Crippen LogP contribution is -2.42. The lowest BCUT2D eigenvalue weighted by atomic mass is 10.0. The van der Waals surface area contributed by atoms with Crippen LogP contribution < -0.4 is 10.1 Å². The summed E-state index contributed by atoms with van der Waals surface area (Å²) in [4.78, 5) is 23.8. The zero-order valence-electron chi connectivity index (χ0n) is 18.9. The Morgan fingerprint density at radius 1 is 1.12 bits per heavy atom. The molecule has 2 aromatic carbocycles. The Morgan fingerprint density at radius 2 is 1.79 bits per heavy atom. The van der Waals surface area contributed by atoms with Crippen LogP contribution in [0.5, 0.6) is 5.75 Å². The molecule has 0 aromatic heterocycles. The van der Waals surface area contributed by atoms with E-state index in [0.717, 1.165) is 6.42 Å². The number of nitrogens with one attached hydrogen (secondary N) is 1. The molecule has 0 aliphatic carbocycles. The largest absolute Gasteiger partial charge is 0.494 e. The molecule has 1 aliphatic rings. The smallest absolute Gasteiger partial charge is 0.307 e. The lowest BCUT2D eigenvalue weighted by Gasteiger charge is -2.29. The van der Waals surface area contributed by atoms with Gasteiger partial charge in [0.1, 0.15) is 5.75 Å². The van der Waals surface area contributed by atoms with Crippen LogP contribution in [0.15, 0.2) is 53.4 Å². The van der Waals surface area contributed by atoms with Crippen molar-refractivity contribution in [2.75, 3.05) is 25.0 Å². The van der Waals surface area contributed by atoms with Crippen molar-refractivity contribution in [1.82, 2.24) is 4.31 Å². The Balaban J connectivity index is 1.61. The maximum atomic E-state index is 12.9. The van der Waals surface area contributed by atoms with Crippen LogP contribution in [0.25, 0.3) is 0 Å². The van der Waals surface area contributed by atoms with Gasteiger partial charge in [0.2, 0.25) is 10.0 Å². The van der Waals surface area contributed by atoms with Crippen LogP contribution in [0.3, 0.4) is 0 Å². The van der Waals surface area contributed by atoms with Crippen LogP contribution in [0.2, 0.25) is 0 Å². The standard InChI is InChI=1S/C24H30N2O6S/c1-17(2)13-15-32-21-9-5-18(6-10-21)23(27)25-20-7-11-22(12-8-20)33(30,31)26-14-3-4-19(16-26)24(28)29/h5-12,17,19H,3-4,13-16H2,1-2H3,(H,25,27)(H,28,29)/t19-/m1/s1. The molecule has 0 unspecified atom stereocenters.